The fourth-order valence-corrected chi connectivity index (χ4v) is 3.22. The molecule has 0 aliphatic carbocycles. The van der Waals surface area contributed by atoms with Crippen LogP contribution >= 0.6 is 11.9 Å². The summed E-state index contributed by atoms with van der Waals surface area (Å²) in [4.78, 5) is 16.4. The zero-order valence-corrected chi connectivity index (χ0v) is 15.0. The maximum absolute atomic E-state index is 13.7. The third-order valence-corrected chi connectivity index (χ3v) is 4.50. The van der Waals surface area contributed by atoms with Crippen molar-refractivity contribution in [3.8, 4) is 5.69 Å². The third kappa shape index (κ3) is 3.02. The van der Waals surface area contributed by atoms with Crippen LogP contribution in [-0.2, 0) is 4.29 Å². The topological polar surface area (TPSA) is 84.8 Å². The van der Waals surface area contributed by atoms with E-state index in [0.29, 0.717) is 0 Å². The van der Waals surface area contributed by atoms with Crippen LogP contribution in [0.3, 0.4) is 0 Å². The van der Waals surface area contributed by atoms with Crippen molar-refractivity contribution < 1.29 is 13.5 Å². The Bertz CT molecular complexity index is 1150. The van der Waals surface area contributed by atoms with E-state index in [-0.39, 0.29) is 30.6 Å². The van der Waals surface area contributed by atoms with Crippen LogP contribution in [0.1, 0.15) is 16.1 Å². The van der Waals surface area contributed by atoms with E-state index in [1.54, 1.807) is 24.5 Å². The summed E-state index contributed by atoms with van der Waals surface area (Å²) in [5.74, 6) is -0.634. The fourth-order valence-electron chi connectivity index (χ4n) is 3.14. The number of pyridine rings is 1. The van der Waals surface area contributed by atoms with E-state index in [4.69, 9.17) is 11.9 Å². The van der Waals surface area contributed by atoms with Gasteiger partial charge in [-0.1, -0.05) is 0 Å². The molecule has 1 amide bonds. The van der Waals surface area contributed by atoms with Gasteiger partial charge in [0.25, 0.3) is 5.91 Å². The lowest BCUT2D eigenvalue weighted by Gasteiger charge is -2.11. The average Bonchev–Trinajstić information content (AvgIpc) is 3.23. The number of benzene rings is 1. The second-order valence-corrected chi connectivity index (χ2v) is 6.27. The number of aromatic nitrogens is 4. The van der Waals surface area contributed by atoms with Crippen molar-refractivity contribution >= 4 is 39.7 Å². The van der Waals surface area contributed by atoms with Crippen LogP contribution < -0.4 is 5.32 Å². The van der Waals surface area contributed by atoms with Crippen LogP contribution in [0.5, 0.6) is 0 Å². The van der Waals surface area contributed by atoms with Crippen LogP contribution in [-0.4, -0.2) is 38.8 Å². The largest absolute Gasteiger partial charge is 0.348 e. The molecule has 3 aromatic heterocycles. The van der Waals surface area contributed by atoms with Gasteiger partial charge in [0.05, 0.1) is 53.1 Å². The minimum Gasteiger partial charge on any atom is -0.348 e. The second-order valence-electron chi connectivity index (χ2n) is 6.05. The number of hydrogen-bond donors (Lipinski definition) is 2. The SMILES string of the molecule is Cc1cc(C(=O)NCCOCl)ncc1-n1c2ccc(F)cc2c2[nH]ncc21. The van der Waals surface area contributed by atoms with E-state index in [9.17, 15) is 9.18 Å². The van der Waals surface area contributed by atoms with Crippen LogP contribution in [0.4, 0.5) is 4.39 Å². The first-order valence-electron chi connectivity index (χ1n) is 8.22. The van der Waals surface area contributed by atoms with Crippen LogP contribution in [0, 0.1) is 12.7 Å². The highest BCUT2D eigenvalue weighted by molar-refractivity contribution is 6.07. The summed E-state index contributed by atoms with van der Waals surface area (Å²) in [5, 5.41) is 10.4. The maximum atomic E-state index is 13.7. The summed E-state index contributed by atoms with van der Waals surface area (Å²) in [6, 6.07) is 6.29. The molecule has 0 radical (unpaired) electrons. The summed E-state index contributed by atoms with van der Waals surface area (Å²) in [6.07, 6.45) is 3.30. The molecule has 4 rings (SSSR count). The Morgan fingerprint density at radius 2 is 2.19 bits per heavy atom. The Balaban J connectivity index is 1.79. The van der Waals surface area contributed by atoms with Gasteiger partial charge in [0.1, 0.15) is 11.5 Å². The van der Waals surface area contributed by atoms with Gasteiger partial charge >= 0.3 is 0 Å². The second kappa shape index (κ2) is 6.98. The number of amides is 1. The molecule has 0 spiro atoms. The molecule has 27 heavy (non-hydrogen) atoms. The summed E-state index contributed by atoms with van der Waals surface area (Å²) in [5.41, 5.74) is 4.28. The monoisotopic (exact) mass is 387 g/mol. The van der Waals surface area contributed by atoms with Gasteiger partial charge in [0.2, 0.25) is 0 Å². The zero-order chi connectivity index (χ0) is 19.0. The first-order valence-corrected chi connectivity index (χ1v) is 8.53. The van der Waals surface area contributed by atoms with Crippen LogP contribution in [0.15, 0.2) is 36.7 Å². The number of fused-ring (bicyclic) bond motifs is 3. The number of halogens is 2. The van der Waals surface area contributed by atoms with Crippen molar-refractivity contribution in [2.75, 3.05) is 13.2 Å². The Labute approximate surface area is 158 Å². The van der Waals surface area contributed by atoms with E-state index in [2.05, 4.69) is 24.8 Å². The van der Waals surface area contributed by atoms with E-state index >= 15 is 0 Å². The van der Waals surface area contributed by atoms with Gasteiger partial charge in [-0.25, -0.2) is 9.37 Å². The number of aryl methyl sites for hydroxylation is 1. The highest BCUT2D eigenvalue weighted by atomic mass is 35.5. The zero-order valence-electron chi connectivity index (χ0n) is 14.3. The van der Waals surface area contributed by atoms with Crippen molar-refractivity contribution in [3.63, 3.8) is 0 Å². The van der Waals surface area contributed by atoms with Gasteiger partial charge in [0.15, 0.2) is 0 Å². The Hall–Kier alpha value is -2.97. The molecule has 0 fully saturated rings. The summed E-state index contributed by atoms with van der Waals surface area (Å²) in [7, 11) is 0. The van der Waals surface area contributed by atoms with Gasteiger partial charge in [-0.05, 0) is 36.8 Å². The highest BCUT2D eigenvalue weighted by Gasteiger charge is 2.17. The van der Waals surface area contributed by atoms with Crippen molar-refractivity contribution in [3.05, 3.63) is 53.7 Å². The predicted octanol–water partition coefficient (Wildman–Crippen LogP) is 3.25. The van der Waals surface area contributed by atoms with E-state index in [1.807, 2.05) is 11.5 Å². The molecule has 0 atom stereocenters. The van der Waals surface area contributed by atoms with Crippen LogP contribution in [0.25, 0.3) is 27.6 Å². The number of nitrogens with one attached hydrogen (secondary N) is 2. The summed E-state index contributed by atoms with van der Waals surface area (Å²) >= 11 is 5.13. The van der Waals surface area contributed by atoms with E-state index in [0.717, 1.165) is 33.2 Å². The molecule has 9 heteroatoms. The third-order valence-electron chi connectivity index (χ3n) is 4.35. The maximum Gasteiger partial charge on any atom is 0.269 e. The fraction of sp³-hybridized carbons (Fsp3) is 0.167. The standard InChI is InChI=1S/C18H15ClFN5O2/c1-10-6-13(18(26)21-4-5-27-19)22-8-15(10)25-14-3-2-11(20)7-12(14)17-16(25)9-23-24-17/h2-3,6-9H,4-5H2,1H3,(H,21,26)(H,23,24). The summed E-state index contributed by atoms with van der Waals surface area (Å²) in [6.45, 7) is 2.37. The Morgan fingerprint density at radius 3 is 2.96 bits per heavy atom. The van der Waals surface area contributed by atoms with Crippen molar-refractivity contribution in [1.29, 1.82) is 0 Å². The van der Waals surface area contributed by atoms with Crippen LogP contribution in [0.2, 0.25) is 0 Å². The number of carbonyl (C=O) groups is 1. The summed E-state index contributed by atoms with van der Waals surface area (Å²) < 4.78 is 20.1. The van der Waals surface area contributed by atoms with Gasteiger partial charge in [-0.2, -0.15) is 5.10 Å². The molecule has 0 unspecified atom stereocenters. The lowest BCUT2D eigenvalue weighted by atomic mass is 10.2. The lowest BCUT2D eigenvalue weighted by Crippen LogP contribution is -2.27. The quantitative estimate of drug-likeness (QED) is 0.515. The molecule has 0 bridgehead atoms. The molecule has 2 N–H and O–H groups in total. The minimum atomic E-state index is -0.320. The Morgan fingerprint density at radius 1 is 1.33 bits per heavy atom. The molecule has 4 aromatic rings. The van der Waals surface area contributed by atoms with Gasteiger partial charge in [0, 0.05) is 11.9 Å². The molecule has 3 heterocycles. The highest BCUT2D eigenvalue weighted by Crippen LogP contribution is 2.31. The molecule has 1 aromatic carbocycles. The molecule has 138 valence electrons. The van der Waals surface area contributed by atoms with Gasteiger partial charge in [-0.15, -0.1) is 0 Å². The molecule has 0 saturated carbocycles. The molecular weight excluding hydrogens is 373 g/mol. The average molecular weight is 388 g/mol. The number of nitrogens with zero attached hydrogens (tertiary/aromatic N) is 3. The van der Waals surface area contributed by atoms with Crippen molar-refractivity contribution in [1.82, 2.24) is 25.1 Å². The molecular formula is C18H15ClFN5O2. The van der Waals surface area contributed by atoms with E-state index < -0.39 is 0 Å². The number of hydrogen-bond acceptors (Lipinski definition) is 4. The molecule has 7 nitrogen and oxygen atoms in total. The molecule has 0 aliphatic heterocycles. The first kappa shape index (κ1) is 17.4. The number of carbonyl (C=O) groups excluding carboxylic acids is 1. The number of aromatic amines is 1. The number of H-pyrrole nitrogens is 1. The Kier molecular flexibility index (Phi) is 4.51. The normalized spacial score (nSPS) is 11.4. The van der Waals surface area contributed by atoms with E-state index in [1.165, 1.54) is 12.1 Å². The van der Waals surface area contributed by atoms with Crippen molar-refractivity contribution in [2.45, 2.75) is 6.92 Å². The minimum absolute atomic E-state index is 0.203. The van der Waals surface area contributed by atoms with Gasteiger partial charge in [-0.3, -0.25) is 14.2 Å². The smallest absolute Gasteiger partial charge is 0.269 e. The lowest BCUT2D eigenvalue weighted by molar-refractivity contribution is 0.0942. The van der Waals surface area contributed by atoms with Crippen molar-refractivity contribution in [2.24, 2.45) is 0 Å². The predicted molar refractivity (Wildman–Crippen MR) is 99.6 cm³/mol. The number of rotatable bonds is 5. The molecule has 0 saturated heterocycles. The first-order chi connectivity index (χ1) is 13.1. The van der Waals surface area contributed by atoms with Gasteiger partial charge < -0.3 is 9.88 Å². The molecule has 0 aliphatic rings.